The molecule has 0 aromatic carbocycles. The first-order chi connectivity index (χ1) is 13.3. The van der Waals surface area contributed by atoms with Gasteiger partial charge >= 0.3 is 17.9 Å². The van der Waals surface area contributed by atoms with Crippen molar-refractivity contribution in [1.82, 2.24) is 0 Å². The molecule has 0 aromatic heterocycles. The number of esters is 3. The zero-order valence-corrected chi connectivity index (χ0v) is 17.5. The lowest BCUT2D eigenvalue weighted by atomic mass is 10.2. The van der Waals surface area contributed by atoms with Crippen LogP contribution in [0.15, 0.2) is 37.5 Å². The maximum atomic E-state index is 11.1. The van der Waals surface area contributed by atoms with Crippen molar-refractivity contribution < 1.29 is 33.7 Å². The van der Waals surface area contributed by atoms with Crippen molar-refractivity contribution in [3.05, 3.63) is 37.5 Å². The first-order valence-electron chi connectivity index (χ1n) is 9.38. The number of unbranched alkanes of at least 4 members (excludes halogenated alkanes) is 3. The molecule has 0 saturated carbocycles. The van der Waals surface area contributed by atoms with Crippen LogP contribution >= 0.6 is 0 Å². The highest BCUT2D eigenvalue weighted by molar-refractivity contribution is 5.87. The number of hydrogen-bond acceptors (Lipinski definition) is 7. The van der Waals surface area contributed by atoms with Crippen LogP contribution in [-0.2, 0) is 28.6 Å². The van der Waals surface area contributed by atoms with E-state index in [-0.39, 0.29) is 25.2 Å². The second kappa shape index (κ2) is 24.6. The van der Waals surface area contributed by atoms with E-state index >= 15 is 0 Å². The predicted octanol–water partition coefficient (Wildman–Crippen LogP) is 3.52. The van der Waals surface area contributed by atoms with Gasteiger partial charge in [0.15, 0.2) is 0 Å². The molecule has 7 heteroatoms. The van der Waals surface area contributed by atoms with Gasteiger partial charge in [-0.2, -0.15) is 0 Å². The lowest BCUT2D eigenvalue weighted by molar-refractivity contribution is -0.139. The molecular weight excluding hydrogens is 364 g/mol. The molecule has 162 valence electrons. The Bertz CT molecular complexity index is 456. The number of aliphatic hydroxyl groups excluding tert-OH is 1. The van der Waals surface area contributed by atoms with Crippen LogP contribution in [0.5, 0.6) is 0 Å². The molecule has 0 amide bonds. The number of rotatable bonds is 12. The fourth-order valence-electron chi connectivity index (χ4n) is 1.35. The lowest BCUT2D eigenvalue weighted by Crippen LogP contribution is -2.07. The Morgan fingerprint density at radius 2 is 1.43 bits per heavy atom. The van der Waals surface area contributed by atoms with Crippen molar-refractivity contribution in [3.8, 4) is 0 Å². The van der Waals surface area contributed by atoms with Crippen molar-refractivity contribution in [1.29, 1.82) is 0 Å². The van der Waals surface area contributed by atoms with Crippen molar-refractivity contribution in [2.45, 2.75) is 52.9 Å². The summed E-state index contributed by atoms with van der Waals surface area (Å²) in [6, 6.07) is 0. The highest BCUT2D eigenvalue weighted by Crippen LogP contribution is 2.03. The molecule has 7 nitrogen and oxygen atoms in total. The fraction of sp³-hybridized carbons (Fsp3) is 0.571. The molecule has 0 bridgehead atoms. The minimum absolute atomic E-state index is 0.0465. The maximum absolute atomic E-state index is 11.1. The SMILES string of the molecule is C=C(CC)C(=O)OCCCCCC.C=CC(=O)OCC.C=CC(=O)OCCO. The average molecular weight is 401 g/mol. The summed E-state index contributed by atoms with van der Waals surface area (Å²) in [7, 11) is 0. The predicted molar refractivity (Wildman–Crippen MR) is 110 cm³/mol. The largest absolute Gasteiger partial charge is 0.463 e. The highest BCUT2D eigenvalue weighted by Gasteiger charge is 2.04. The van der Waals surface area contributed by atoms with Gasteiger partial charge < -0.3 is 19.3 Å². The van der Waals surface area contributed by atoms with Gasteiger partial charge in [-0.1, -0.05) is 52.8 Å². The van der Waals surface area contributed by atoms with Gasteiger partial charge in [-0.25, -0.2) is 14.4 Å². The summed E-state index contributed by atoms with van der Waals surface area (Å²) in [5, 5.41) is 8.10. The van der Waals surface area contributed by atoms with Gasteiger partial charge in [0.1, 0.15) is 6.61 Å². The molecule has 0 aliphatic heterocycles. The molecule has 0 aliphatic carbocycles. The molecule has 0 saturated heterocycles. The van der Waals surface area contributed by atoms with Gasteiger partial charge in [0.25, 0.3) is 0 Å². The quantitative estimate of drug-likeness (QED) is 0.232. The van der Waals surface area contributed by atoms with Gasteiger partial charge in [-0.15, -0.1) is 0 Å². The molecule has 0 aliphatic rings. The Balaban J connectivity index is -0.000000359. The number of carbonyl (C=O) groups is 3. The molecular formula is C21H36O7. The Morgan fingerprint density at radius 3 is 1.82 bits per heavy atom. The Labute approximate surface area is 169 Å². The molecule has 0 aromatic rings. The molecule has 0 fully saturated rings. The summed E-state index contributed by atoms with van der Waals surface area (Å²) >= 11 is 0. The first-order valence-corrected chi connectivity index (χ1v) is 9.38. The minimum Gasteiger partial charge on any atom is -0.463 e. The molecule has 1 N–H and O–H groups in total. The van der Waals surface area contributed by atoms with E-state index in [1.54, 1.807) is 6.92 Å². The second-order valence-corrected chi connectivity index (χ2v) is 5.21. The van der Waals surface area contributed by atoms with Crippen LogP contribution < -0.4 is 0 Å². The minimum atomic E-state index is -0.501. The smallest absolute Gasteiger partial charge is 0.333 e. The van der Waals surface area contributed by atoms with Crippen LogP contribution in [0.3, 0.4) is 0 Å². The summed E-state index contributed by atoms with van der Waals surface area (Å²) in [5.74, 6) is -1.10. The van der Waals surface area contributed by atoms with Gasteiger partial charge in [0, 0.05) is 17.7 Å². The zero-order valence-electron chi connectivity index (χ0n) is 17.5. The average Bonchev–Trinajstić information content (AvgIpc) is 2.71. The Kier molecular flexibility index (Phi) is 26.6. The van der Waals surface area contributed by atoms with Crippen LogP contribution in [0.2, 0.25) is 0 Å². The summed E-state index contributed by atoms with van der Waals surface area (Å²) in [4.78, 5) is 31.3. The van der Waals surface area contributed by atoms with E-state index in [9.17, 15) is 14.4 Å². The first kappa shape index (κ1) is 30.3. The summed E-state index contributed by atoms with van der Waals surface area (Å²) < 4.78 is 13.8. The van der Waals surface area contributed by atoms with Crippen LogP contribution in [0, 0.1) is 0 Å². The van der Waals surface area contributed by atoms with E-state index in [4.69, 9.17) is 9.84 Å². The lowest BCUT2D eigenvalue weighted by Gasteiger charge is -2.04. The Hall–Kier alpha value is -2.41. The van der Waals surface area contributed by atoms with E-state index in [2.05, 4.69) is 36.1 Å². The third kappa shape index (κ3) is 25.8. The normalized spacial score (nSPS) is 8.71. The van der Waals surface area contributed by atoms with Crippen molar-refractivity contribution >= 4 is 17.9 Å². The van der Waals surface area contributed by atoms with Crippen LogP contribution in [0.25, 0.3) is 0 Å². The molecule has 0 rings (SSSR count). The summed E-state index contributed by atoms with van der Waals surface area (Å²) in [5.41, 5.74) is 0.565. The van der Waals surface area contributed by atoms with E-state index in [0.29, 0.717) is 25.2 Å². The third-order valence-corrected chi connectivity index (χ3v) is 2.90. The van der Waals surface area contributed by atoms with Gasteiger partial charge in [-0.05, 0) is 19.8 Å². The third-order valence-electron chi connectivity index (χ3n) is 2.90. The van der Waals surface area contributed by atoms with E-state index in [1.165, 1.54) is 12.8 Å². The topological polar surface area (TPSA) is 99.1 Å². The summed E-state index contributed by atoms with van der Waals surface area (Å²) in [6.07, 6.45) is 7.40. The van der Waals surface area contributed by atoms with Crippen LogP contribution in [-0.4, -0.2) is 49.4 Å². The van der Waals surface area contributed by atoms with Crippen LogP contribution in [0.1, 0.15) is 52.9 Å². The standard InChI is InChI=1S/C11H20O2.C5H8O3.C5H8O2/c1-4-6-7-8-9-13-11(12)10(3)5-2;1-2-5(7)8-4-3-6;1-3-5(6)7-4-2/h3-9H2,1-2H3;2,6H,1,3-4H2;3H,1,4H2,2H3. The van der Waals surface area contributed by atoms with Gasteiger partial charge in [-0.3, -0.25) is 0 Å². The fourth-order valence-corrected chi connectivity index (χ4v) is 1.35. The van der Waals surface area contributed by atoms with Crippen molar-refractivity contribution in [3.63, 3.8) is 0 Å². The van der Waals surface area contributed by atoms with E-state index in [0.717, 1.165) is 25.0 Å². The molecule has 0 spiro atoms. The number of hydrogen-bond donors (Lipinski definition) is 1. The number of ether oxygens (including phenoxy) is 3. The van der Waals surface area contributed by atoms with E-state index in [1.807, 2.05) is 6.92 Å². The molecule has 0 heterocycles. The monoisotopic (exact) mass is 400 g/mol. The number of aliphatic hydroxyl groups is 1. The van der Waals surface area contributed by atoms with E-state index < -0.39 is 5.97 Å². The molecule has 28 heavy (non-hydrogen) atoms. The Morgan fingerprint density at radius 1 is 0.857 bits per heavy atom. The van der Waals surface area contributed by atoms with Crippen LogP contribution in [0.4, 0.5) is 0 Å². The molecule has 0 unspecified atom stereocenters. The van der Waals surface area contributed by atoms with Gasteiger partial charge in [0.2, 0.25) is 0 Å². The second-order valence-electron chi connectivity index (χ2n) is 5.21. The highest BCUT2D eigenvalue weighted by atomic mass is 16.5. The summed E-state index contributed by atoms with van der Waals surface area (Å²) in [6.45, 7) is 16.7. The zero-order chi connectivity index (χ0) is 22.2. The molecule has 0 radical (unpaired) electrons. The van der Waals surface area contributed by atoms with Gasteiger partial charge in [0.05, 0.1) is 19.8 Å². The van der Waals surface area contributed by atoms with Crippen molar-refractivity contribution in [2.24, 2.45) is 0 Å². The molecule has 0 atom stereocenters. The maximum Gasteiger partial charge on any atom is 0.333 e. The number of carbonyl (C=O) groups excluding carboxylic acids is 3. The van der Waals surface area contributed by atoms with Crippen molar-refractivity contribution in [2.75, 3.05) is 26.4 Å².